The summed E-state index contributed by atoms with van der Waals surface area (Å²) in [6.07, 6.45) is 0. The lowest BCUT2D eigenvalue weighted by atomic mass is 10.4. The Morgan fingerprint density at radius 1 is 1.18 bits per heavy atom. The monoisotopic (exact) mass is 173 g/mol. The fraction of sp³-hybridized carbons (Fsp3) is 0.250. The minimum atomic E-state index is -0.229. The molecule has 1 aromatic rings. The van der Waals surface area contributed by atoms with Crippen molar-refractivity contribution in [2.45, 2.75) is 18.7 Å². The van der Waals surface area contributed by atoms with Gasteiger partial charge in [0.05, 0.1) is 0 Å². The van der Waals surface area contributed by atoms with Crippen LogP contribution in [0.25, 0.3) is 0 Å². The van der Waals surface area contributed by atoms with Crippen molar-refractivity contribution in [1.29, 1.82) is 0 Å². The summed E-state index contributed by atoms with van der Waals surface area (Å²) in [6, 6.07) is 6.05. The van der Waals surface area contributed by atoms with Gasteiger partial charge in [0.1, 0.15) is 5.82 Å². The standard InChI is InChI=1S/C6H6FNS.C2H6/c7-5-1-3-6(9-8)4-2-5;1-2/h1-4H,8H2;1-2H3. The molecule has 0 bridgehead atoms. The zero-order valence-electron chi connectivity index (χ0n) is 6.67. The molecule has 62 valence electrons. The minimum Gasteiger partial charge on any atom is -0.274 e. The Morgan fingerprint density at radius 3 is 2.00 bits per heavy atom. The zero-order chi connectivity index (χ0) is 8.69. The lowest BCUT2D eigenvalue weighted by Gasteiger charge is -1.91. The van der Waals surface area contributed by atoms with E-state index in [1.54, 1.807) is 12.1 Å². The van der Waals surface area contributed by atoms with Crippen LogP contribution >= 0.6 is 11.9 Å². The molecule has 0 saturated carbocycles. The first-order valence-electron chi connectivity index (χ1n) is 3.45. The maximum atomic E-state index is 12.2. The molecule has 1 aromatic carbocycles. The van der Waals surface area contributed by atoms with Gasteiger partial charge in [-0.1, -0.05) is 13.8 Å². The number of rotatable bonds is 1. The number of hydrogen-bond donors (Lipinski definition) is 1. The van der Waals surface area contributed by atoms with E-state index in [1.165, 1.54) is 12.1 Å². The van der Waals surface area contributed by atoms with Crippen LogP contribution in [0.3, 0.4) is 0 Å². The van der Waals surface area contributed by atoms with Crippen LogP contribution in [0.5, 0.6) is 0 Å². The maximum Gasteiger partial charge on any atom is 0.123 e. The third-order valence-corrected chi connectivity index (χ3v) is 1.49. The lowest BCUT2D eigenvalue weighted by molar-refractivity contribution is 0.626. The highest BCUT2D eigenvalue weighted by Gasteiger charge is 1.88. The van der Waals surface area contributed by atoms with Crippen molar-refractivity contribution in [3.8, 4) is 0 Å². The average molecular weight is 173 g/mol. The quantitative estimate of drug-likeness (QED) is 0.661. The van der Waals surface area contributed by atoms with E-state index < -0.39 is 0 Å². The third kappa shape index (κ3) is 4.01. The predicted octanol–water partition coefficient (Wildman–Crippen LogP) is 2.82. The molecule has 0 aliphatic carbocycles. The van der Waals surface area contributed by atoms with Crippen molar-refractivity contribution in [1.82, 2.24) is 0 Å². The fourth-order valence-electron chi connectivity index (χ4n) is 0.513. The molecule has 0 radical (unpaired) electrons. The van der Waals surface area contributed by atoms with Gasteiger partial charge in [-0.05, 0) is 36.2 Å². The van der Waals surface area contributed by atoms with Gasteiger partial charge in [-0.15, -0.1) is 0 Å². The van der Waals surface area contributed by atoms with E-state index in [0.29, 0.717) is 0 Å². The van der Waals surface area contributed by atoms with Crippen LogP contribution < -0.4 is 5.14 Å². The van der Waals surface area contributed by atoms with Gasteiger partial charge in [0.15, 0.2) is 0 Å². The molecule has 0 spiro atoms. The fourth-order valence-corrected chi connectivity index (χ4v) is 0.806. The summed E-state index contributed by atoms with van der Waals surface area (Å²) >= 11 is 1.11. The van der Waals surface area contributed by atoms with Crippen molar-refractivity contribution >= 4 is 11.9 Å². The first-order chi connectivity index (χ1) is 5.33. The van der Waals surface area contributed by atoms with Gasteiger partial charge in [-0.3, -0.25) is 5.14 Å². The Balaban J connectivity index is 0.000000461. The van der Waals surface area contributed by atoms with Gasteiger partial charge in [0.25, 0.3) is 0 Å². The molecule has 1 rings (SSSR count). The van der Waals surface area contributed by atoms with E-state index >= 15 is 0 Å². The van der Waals surface area contributed by atoms with Crippen molar-refractivity contribution in [2.24, 2.45) is 5.14 Å². The third-order valence-electron chi connectivity index (χ3n) is 0.950. The molecule has 3 heteroatoms. The molecule has 11 heavy (non-hydrogen) atoms. The van der Waals surface area contributed by atoms with Crippen LogP contribution in [0.4, 0.5) is 4.39 Å². The molecule has 0 atom stereocenters. The summed E-state index contributed by atoms with van der Waals surface area (Å²) in [5.41, 5.74) is 0. The molecular formula is C8H12FNS. The normalized spacial score (nSPS) is 8.36. The second kappa shape index (κ2) is 6.19. The molecule has 0 heterocycles. The van der Waals surface area contributed by atoms with Gasteiger partial charge >= 0.3 is 0 Å². The van der Waals surface area contributed by atoms with Crippen LogP contribution in [0, 0.1) is 5.82 Å². The molecule has 0 aliphatic rings. The summed E-state index contributed by atoms with van der Waals surface area (Å²) in [4.78, 5) is 0.872. The van der Waals surface area contributed by atoms with E-state index in [9.17, 15) is 4.39 Å². The van der Waals surface area contributed by atoms with E-state index in [1.807, 2.05) is 13.8 Å². The number of hydrogen-bond acceptors (Lipinski definition) is 2. The topological polar surface area (TPSA) is 26.0 Å². The van der Waals surface area contributed by atoms with E-state index in [-0.39, 0.29) is 5.82 Å². The van der Waals surface area contributed by atoms with Gasteiger partial charge in [-0.2, -0.15) is 0 Å². The first kappa shape index (κ1) is 10.5. The average Bonchev–Trinajstić information content (AvgIpc) is 2.10. The number of nitrogens with two attached hydrogens (primary N) is 1. The molecule has 0 aromatic heterocycles. The van der Waals surface area contributed by atoms with Crippen LogP contribution in [-0.4, -0.2) is 0 Å². The summed E-state index contributed by atoms with van der Waals surface area (Å²) in [5.74, 6) is -0.229. The van der Waals surface area contributed by atoms with Gasteiger partial charge in [0, 0.05) is 4.90 Å². The molecule has 0 unspecified atom stereocenters. The molecule has 1 nitrogen and oxygen atoms in total. The first-order valence-corrected chi connectivity index (χ1v) is 4.33. The van der Waals surface area contributed by atoms with Gasteiger partial charge in [0.2, 0.25) is 0 Å². The SMILES string of the molecule is CC.NSc1ccc(F)cc1. The van der Waals surface area contributed by atoms with Crippen molar-refractivity contribution in [2.75, 3.05) is 0 Å². The van der Waals surface area contributed by atoms with Crippen molar-refractivity contribution in [3.63, 3.8) is 0 Å². The zero-order valence-corrected chi connectivity index (χ0v) is 7.49. The Hall–Kier alpha value is -0.540. The van der Waals surface area contributed by atoms with Crippen LogP contribution in [0.1, 0.15) is 13.8 Å². The van der Waals surface area contributed by atoms with Crippen LogP contribution in [0.15, 0.2) is 29.2 Å². The van der Waals surface area contributed by atoms with Crippen LogP contribution in [0.2, 0.25) is 0 Å². The van der Waals surface area contributed by atoms with Gasteiger partial charge < -0.3 is 0 Å². The highest BCUT2D eigenvalue weighted by Crippen LogP contribution is 2.10. The summed E-state index contributed by atoms with van der Waals surface area (Å²) in [7, 11) is 0. The molecule has 2 N–H and O–H groups in total. The van der Waals surface area contributed by atoms with Gasteiger partial charge in [-0.25, -0.2) is 4.39 Å². The number of halogens is 1. The smallest absolute Gasteiger partial charge is 0.123 e. The Morgan fingerprint density at radius 2 is 1.64 bits per heavy atom. The highest BCUT2D eigenvalue weighted by atomic mass is 32.2. The van der Waals surface area contributed by atoms with E-state index in [4.69, 9.17) is 5.14 Å². The summed E-state index contributed by atoms with van der Waals surface area (Å²) in [5, 5.41) is 5.19. The van der Waals surface area contributed by atoms with Crippen molar-refractivity contribution in [3.05, 3.63) is 30.1 Å². The second-order valence-electron chi connectivity index (χ2n) is 1.57. The second-order valence-corrected chi connectivity index (χ2v) is 2.28. The maximum absolute atomic E-state index is 12.2. The number of benzene rings is 1. The molecular weight excluding hydrogens is 161 g/mol. The lowest BCUT2D eigenvalue weighted by Crippen LogP contribution is -1.78. The predicted molar refractivity (Wildman–Crippen MR) is 47.8 cm³/mol. The molecule has 0 amide bonds. The Kier molecular flexibility index (Phi) is 5.88. The van der Waals surface area contributed by atoms with E-state index in [0.717, 1.165) is 16.8 Å². The Bertz CT molecular complexity index is 186. The molecule has 0 saturated heterocycles. The summed E-state index contributed by atoms with van der Waals surface area (Å²) in [6.45, 7) is 4.00. The van der Waals surface area contributed by atoms with Crippen LogP contribution in [-0.2, 0) is 0 Å². The molecule has 0 fully saturated rings. The summed E-state index contributed by atoms with van der Waals surface area (Å²) < 4.78 is 12.2. The molecule has 0 aliphatic heterocycles. The minimum absolute atomic E-state index is 0.229. The Labute approximate surface area is 70.9 Å². The largest absolute Gasteiger partial charge is 0.274 e. The van der Waals surface area contributed by atoms with E-state index in [2.05, 4.69) is 0 Å². The van der Waals surface area contributed by atoms with Crippen molar-refractivity contribution < 1.29 is 4.39 Å². The highest BCUT2D eigenvalue weighted by molar-refractivity contribution is 7.97.